The predicted molar refractivity (Wildman–Crippen MR) is 52.6 cm³/mol. The molecular weight excluding hydrogens is 229 g/mol. The van der Waals surface area contributed by atoms with Gasteiger partial charge in [-0.25, -0.2) is 13.2 Å². The smallest absolute Gasteiger partial charge is 0.160 e. The zero-order chi connectivity index (χ0) is 11.4. The van der Waals surface area contributed by atoms with E-state index in [0.29, 0.717) is 0 Å². The zero-order valence-electron chi connectivity index (χ0n) is 7.76. The number of benzene rings is 1. The monoisotopic (exact) mass is 238 g/mol. The first-order valence-corrected chi connectivity index (χ1v) is 4.74. The fourth-order valence-corrected chi connectivity index (χ4v) is 1.42. The number of halogens is 4. The molecule has 2 unspecified atom stereocenters. The summed E-state index contributed by atoms with van der Waals surface area (Å²) in [5.74, 6) is -0.212. The summed E-state index contributed by atoms with van der Waals surface area (Å²) in [5.41, 5.74) is 0.0998. The number of phenolic OH excluding ortho intramolecular Hbond substituents is 1. The normalized spacial score (nSPS) is 14.9. The van der Waals surface area contributed by atoms with Crippen LogP contribution in [0.1, 0.15) is 5.56 Å². The molecule has 1 aromatic rings. The molecular formula is C10H10ClF3O. The first kappa shape index (κ1) is 12.2. The molecule has 0 aliphatic heterocycles. The second-order valence-corrected chi connectivity index (χ2v) is 3.54. The third-order valence-electron chi connectivity index (χ3n) is 2.03. The molecule has 5 heteroatoms. The third-order valence-corrected chi connectivity index (χ3v) is 2.39. The van der Waals surface area contributed by atoms with Crippen LogP contribution in [0, 0.1) is 0 Å². The van der Waals surface area contributed by atoms with Crippen LogP contribution < -0.4 is 0 Å². The Balaban J connectivity index is 2.80. The number of aromatic hydroxyl groups is 1. The minimum Gasteiger partial charge on any atom is -0.508 e. The van der Waals surface area contributed by atoms with Crippen LogP contribution in [0.2, 0.25) is 5.02 Å². The molecule has 84 valence electrons. The van der Waals surface area contributed by atoms with E-state index in [0.717, 1.165) is 0 Å². The van der Waals surface area contributed by atoms with Crippen LogP contribution in [-0.4, -0.2) is 24.1 Å². The van der Waals surface area contributed by atoms with E-state index >= 15 is 0 Å². The number of phenols is 1. The quantitative estimate of drug-likeness (QED) is 0.854. The molecule has 1 aromatic carbocycles. The second kappa shape index (κ2) is 5.26. The van der Waals surface area contributed by atoms with Gasteiger partial charge >= 0.3 is 0 Å². The first-order chi connectivity index (χ1) is 7.06. The zero-order valence-corrected chi connectivity index (χ0v) is 8.52. The van der Waals surface area contributed by atoms with Gasteiger partial charge in [-0.2, -0.15) is 0 Å². The molecule has 0 aliphatic carbocycles. The van der Waals surface area contributed by atoms with E-state index in [1.165, 1.54) is 18.2 Å². The van der Waals surface area contributed by atoms with Crippen LogP contribution >= 0.6 is 11.6 Å². The number of rotatable bonds is 4. The van der Waals surface area contributed by atoms with Gasteiger partial charge in [0.2, 0.25) is 0 Å². The molecule has 1 rings (SSSR count). The summed E-state index contributed by atoms with van der Waals surface area (Å²) in [7, 11) is 0. The Hall–Kier alpha value is -0.900. The third kappa shape index (κ3) is 3.02. The van der Waals surface area contributed by atoms with E-state index in [2.05, 4.69) is 0 Å². The van der Waals surface area contributed by atoms with Crippen molar-refractivity contribution in [3.63, 3.8) is 0 Å². The van der Waals surface area contributed by atoms with E-state index in [-0.39, 0.29) is 16.3 Å². The topological polar surface area (TPSA) is 20.2 Å². The van der Waals surface area contributed by atoms with Crippen LogP contribution in [0.5, 0.6) is 5.75 Å². The SMILES string of the molecule is Oc1cccc(Cl)c1CC(F)C(F)CF. The Bertz CT molecular complexity index is 312. The Morgan fingerprint density at radius 2 is 1.93 bits per heavy atom. The van der Waals surface area contributed by atoms with Crippen molar-refractivity contribution in [1.29, 1.82) is 0 Å². The van der Waals surface area contributed by atoms with Crippen LogP contribution in [0.15, 0.2) is 18.2 Å². The Morgan fingerprint density at radius 3 is 2.47 bits per heavy atom. The van der Waals surface area contributed by atoms with Crippen molar-refractivity contribution in [3.05, 3.63) is 28.8 Å². The fraction of sp³-hybridized carbons (Fsp3) is 0.400. The lowest BCUT2D eigenvalue weighted by atomic mass is 10.1. The summed E-state index contributed by atoms with van der Waals surface area (Å²) >= 11 is 5.68. The highest BCUT2D eigenvalue weighted by atomic mass is 35.5. The van der Waals surface area contributed by atoms with Crippen LogP contribution in [0.25, 0.3) is 0 Å². The lowest BCUT2D eigenvalue weighted by molar-refractivity contribution is 0.136. The minimum absolute atomic E-state index is 0.0998. The maximum Gasteiger partial charge on any atom is 0.160 e. The molecule has 1 N–H and O–H groups in total. The molecule has 0 saturated heterocycles. The maximum absolute atomic E-state index is 13.1. The van der Waals surface area contributed by atoms with Gasteiger partial charge in [0, 0.05) is 17.0 Å². The van der Waals surface area contributed by atoms with Gasteiger partial charge in [0.1, 0.15) is 18.6 Å². The largest absolute Gasteiger partial charge is 0.508 e. The molecule has 0 saturated carbocycles. The van der Waals surface area contributed by atoms with Gasteiger partial charge in [-0.1, -0.05) is 17.7 Å². The summed E-state index contributed by atoms with van der Waals surface area (Å²) < 4.78 is 37.5. The van der Waals surface area contributed by atoms with Crippen LogP contribution in [-0.2, 0) is 6.42 Å². The van der Waals surface area contributed by atoms with Gasteiger partial charge < -0.3 is 5.11 Å². The highest BCUT2D eigenvalue weighted by Crippen LogP contribution is 2.28. The summed E-state index contributed by atoms with van der Waals surface area (Å²) in [6.45, 7) is -1.38. The Morgan fingerprint density at radius 1 is 1.27 bits per heavy atom. The summed E-state index contributed by atoms with van der Waals surface area (Å²) in [5, 5.41) is 9.47. The van der Waals surface area contributed by atoms with Crippen LogP contribution in [0.4, 0.5) is 13.2 Å². The molecule has 2 atom stereocenters. The number of hydrogen-bond donors (Lipinski definition) is 1. The predicted octanol–water partition coefficient (Wildman–Crippen LogP) is 3.23. The molecule has 15 heavy (non-hydrogen) atoms. The Kier molecular flexibility index (Phi) is 4.27. The van der Waals surface area contributed by atoms with E-state index in [1.54, 1.807) is 0 Å². The first-order valence-electron chi connectivity index (χ1n) is 4.36. The van der Waals surface area contributed by atoms with Gasteiger partial charge in [-0.3, -0.25) is 0 Å². The van der Waals surface area contributed by atoms with E-state index < -0.39 is 25.4 Å². The molecule has 0 heterocycles. The molecule has 0 aliphatic rings. The average molecular weight is 239 g/mol. The van der Waals surface area contributed by atoms with Crippen molar-refractivity contribution in [2.24, 2.45) is 0 Å². The molecule has 1 nitrogen and oxygen atoms in total. The van der Waals surface area contributed by atoms with E-state index in [9.17, 15) is 18.3 Å². The van der Waals surface area contributed by atoms with E-state index in [1.807, 2.05) is 0 Å². The highest BCUT2D eigenvalue weighted by Gasteiger charge is 2.22. The standard InChI is InChI=1S/C10H10ClF3O/c11-7-2-1-3-10(15)6(7)4-8(13)9(14)5-12/h1-3,8-9,15H,4-5H2. The lowest BCUT2D eigenvalue weighted by Crippen LogP contribution is -2.21. The van der Waals surface area contributed by atoms with Crippen LogP contribution in [0.3, 0.4) is 0 Å². The summed E-state index contributed by atoms with van der Waals surface area (Å²) in [4.78, 5) is 0. The Labute approximate surface area is 90.5 Å². The van der Waals surface area contributed by atoms with Crippen molar-refractivity contribution in [1.82, 2.24) is 0 Å². The highest BCUT2D eigenvalue weighted by molar-refractivity contribution is 6.31. The molecule has 0 aromatic heterocycles. The second-order valence-electron chi connectivity index (χ2n) is 3.13. The molecule has 0 radical (unpaired) electrons. The van der Waals surface area contributed by atoms with Crippen molar-refractivity contribution in [2.75, 3.05) is 6.67 Å². The van der Waals surface area contributed by atoms with Gasteiger partial charge in [-0.05, 0) is 12.1 Å². The summed E-state index contributed by atoms with van der Waals surface area (Å²) in [6, 6.07) is 4.25. The lowest BCUT2D eigenvalue weighted by Gasteiger charge is -2.12. The number of alkyl halides is 3. The van der Waals surface area contributed by atoms with Gasteiger partial charge in [0.25, 0.3) is 0 Å². The van der Waals surface area contributed by atoms with Crippen molar-refractivity contribution >= 4 is 11.6 Å². The summed E-state index contributed by atoms with van der Waals surface area (Å²) in [6.07, 6.45) is -4.61. The van der Waals surface area contributed by atoms with Crippen molar-refractivity contribution in [3.8, 4) is 5.75 Å². The number of hydrogen-bond acceptors (Lipinski definition) is 1. The van der Waals surface area contributed by atoms with Gasteiger partial charge in [0.15, 0.2) is 6.17 Å². The van der Waals surface area contributed by atoms with E-state index in [4.69, 9.17) is 11.6 Å². The van der Waals surface area contributed by atoms with Crippen molar-refractivity contribution < 1.29 is 18.3 Å². The molecule has 0 bridgehead atoms. The average Bonchev–Trinajstić information content (AvgIpc) is 2.22. The van der Waals surface area contributed by atoms with Gasteiger partial charge in [-0.15, -0.1) is 0 Å². The minimum atomic E-state index is -2.18. The van der Waals surface area contributed by atoms with Crippen molar-refractivity contribution in [2.45, 2.75) is 18.8 Å². The molecule has 0 spiro atoms. The fourth-order valence-electron chi connectivity index (χ4n) is 1.17. The van der Waals surface area contributed by atoms with Gasteiger partial charge in [0.05, 0.1) is 0 Å². The maximum atomic E-state index is 13.1. The molecule has 0 amide bonds. The molecule has 0 fully saturated rings.